The van der Waals surface area contributed by atoms with Crippen molar-refractivity contribution in [2.45, 2.75) is 0 Å². The van der Waals surface area contributed by atoms with E-state index in [4.69, 9.17) is 11.6 Å². The Kier molecular flexibility index (Phi) is 3.24. The molecule has 1 aromatic heterocycles. The molecule has 2 rings (SSSR count). The highest BCUT2D eigenvalue weighted by Gasteiger charge is 2.13. The lowest BCUT2D eigenvalue weighted by Gasteiger charge is -2.03. The maximum atomic E-state index is 11.7. The van der Waals surface area contributed by atoms with E-state index >= 15 is 0 Å². The molecule has 0 aliphatic rings. The highest BCUT2D eigenvalue weighted by atomic mass is 35.5. The van der Waals surface area contributed by atoms with Crippen molar-refractivity contribution in [2.24, 2.45) is 0 Å². The number of carbonyl (C=O) groups excluding carboxylic acids is 1. The lowest BCUT2D eigenvalue weighted by atomic mass is 10.3. The summed E-state index contributed by atoms with van der Waals surface area (Å²) in [5.74, 6) is -0.741. The molecule has 92 valence electrons. The summed E-state index contributed by atoms with van der Waals surface area (Å²) in [6, 6.07) is 6.40. The van der Waals surface area contributed by atoms with E-state index in [0.29, 0.717) is 10.7 Å². The summed E-state index contributed by atoms with van der Waals surface area (Å²) in [5, 5.41) is 8.21. The second-order valence-corrected chi connectivity index (χ2v) is 3.76. The average Bonchev–Trinajstić information content (AvgIpc) is 2.28. The summed E-state index contributed by atoms with van der Waals surface area (Å²) >= 11 is 5.74. The van der Waals surface area contributed by atoms with Crippen LogP contribution in [0.2, 0.25) is 5.02 Å². The van der Waals surface area contributed by atoms with Crippen molar-refractivity contribution < 1.29 is 4.79 Å². The van der Waals surface area contributed by atoms with Crippen LogP contribution in [0.25, 0.3) is 0 Å². The van der Waals surface area contributed by atoms with Gasteiger partial charge >= 0.3 is 5.69 Å². The zero-order valence-electron chi connectivity index (χ0n) is 8.86. The fourth-order valence-electron chi connectivity index (χ4n) is 1.26. The van der Waals surface area contributed by atoms with Gasteiger partial charge in [0.05, 0.1) is 0 Å². The molecule has 7 nitrogen and oxygen atoms in total. The van der Waals surface area contributed by atoms with Gasteiger partial charge in [-0.25, -0.2) is 9.89 Å². The predicted molar refractivity (Wildman–Crippen MR) is 64.9 cm³/mol. The van der Waals surface area contributed by atoms with E-state index in [2.05, 4.69) is 10.4 Å². The predicted octanol–water partition coefficient (Wildman–Crippen LogP) is 0.364. The summed E-state index contributed by atoms with van der Waals surface area (Å²) in [7, 11) is 0. The van der Waals surface area contributed by atoms with Crippen molar-refractivity contribution in [3.63, 3.8) is 0 Å². The van der Waals surface area contributed by atoms with Gasteiger partial charge in [-0.3, -0.25) is 14.6 Å². The van der Waals surface area contributed by atoms with Crippen LogP contribution < -0.4 is 16.6 Å². The highest BCUT2D eigenvalue weighted by molar-refractivity contribution is 6.30. The Morgan fingerprint density at radius 2 is 2.11 bits per heavy atom. The number of benzene rings is 1. The van der Waals surface area contributed by atoms with Crippen LogP contribution >= 0.6 is 11.6 Å². The first-order valence-corrected chi connectivity index (χ1v) is 5.20. The second kappa shape index (κ2) is 4.84. The zero-order chi connectivity index (χ0) is 13.1. The SMILES string of the molecule is O=C(Nc1cccc(Cl)c1)c1n[nH]c(=O)[nH]c1=O. The standard InChI is InChI=1S/C10H7ClN4O3/c11-5-2-1-3-6(4-5)12-8(16)7-9(17)13-10(18)15-14-7/h1-4H,(H,12,16)(H2,13,15,17,18). The van der Waals surface area contributed by atoms with E-state index in [1.165, 1.54) is 6.07 Å². The molecule has 1 heterocycles. The van der Waals surface area contributed by atoms with Gasteiger partial charge in [-0.1, -0.05) is 17.7 Å². The van der Waals surface area contributed by atoms with Gasteiger partial charge in [0.25, 0.3) is 11.5 Å². The summed E-state index contributed by atoms with van der Waals surface area (Å²) in [6.07, 6.45) is 0. The number of aromatic amines is 2. The molecule has 0 saturated carbocycles. The molecule has 0 radical (unpaired) electrons. The first-order valence-electron chi connectivity index (χ1n) is 4.82. The number of carbonyl (C=O) groups is 1. The molecule has 3 N–H and O–H groups in total. The number of rotatable bonds is 2. The molecule has 0 fully saturated rings. The van der Waals surface area contributed by atoms with Gasteiger partial charge in [-0.15, -0.1) is 0 Å². The zero-order valence-corrected chi connectivity index (χ0v) is 9.62. The van der Waals surface area contributed by atoms with Crippen LogP contribution in [0.4, 0.5) is 5.69 Å². The maximum Gasteiger partial charge on any atom is 0.342 e. The Morgan fingerprint density at radius 3 is 2.78 bits per heavy atom. The molecule has 0 aliphatic heterocycles. The van der Waals surface area contributed by atoms with Crippen LogP contribution in [0.3, 0.4) is 0 Å². The molecule has 0 saturated heterocycles. The molecule has 1 amide bonds. The largest absolute Gasteiger partial charge is 0.342 e. The average molecular weight is 267 g/mol. The molecule has 0 bridgehead atoms. The number of nitrogens with zero attached hydrogens (tertiary/aromatic N) is 1. The van der Waals surface area contributed by atoms with E-state index in [-0.39, 0.29) is 0 Å². The molecule has 2 aromatic rings. The monoisotopic (exact) mass is 266 g/mol. The number of nitrogens with one attached hydrogen (secondary N) is 3. The molecule has 0 unspecified atom stereocenters. The second-order valence-electron chi connectivity index (χ2n) is 3.32. The number of aromatic nitrogens is 3. The molecular formula is C10H7ClN4O3. The van der Waals surface area contributed by atoms with Gasteiger partial charge in [0.1, 0.15) is 0 Å². The first kappa shape index (κ1) is 12.1. The number of anilines is 1. The fourth-order valence-corrected chi connectivity index (χ4v) is 1.45. The van der Waals surface area contributed by atoms with Gasteiger partial charge in [0, 0.05) is 10.7 Å². The minimum atomic E-state index is -0.863. The number of amides is 1. The Labute approximate surface area is 105 Å². The van der Waals surface area contributed by atoms with Crippen molar-refractivity contribution in [2.75, 3.05) is 5.32 Å². The van der Waals surface area contributed by atoms with E-state index in [9.17, 15) is 14.4 Å². The fraction of sp³-hybridized carbons (Fsp3) is 0. The quantitative estimate of drug-likeness (QED) is 0.729. The van der Waals surface area contributed by atoms with Crippen LogP contribution in [-0.4, -0.2) is 21.1 Å². The number of halogens is 1. The smallest absolute Gasteiger partial charge is 0.320 e. The third-order valence-corrected chi connectivity index (χ3v) is 2.24. The molecule has 0 atom stereocenters. The third-order valence-electron chi connectivity index (χ3n) is 2.01. The van der Waals surface area contributed by atoms with E-state index < -0.39 is 22.9 Å². The summed E-state index contributed by atoms with van der Waals surface area (Å²) in [6.45, 7) is 0. The summed E-state index contributed by atoms with van der Waals surface area (Å²) in [5.41, 5.74) is -1.66. The van der Waals surface area contributed by atoms with Gasteiger partial charge < -0.3 is 5.32 Å². The van der Waals surface area contributed by atoms with Crippen molar-refractivity contribution >= 4 is 23.2 Å². The minimum Gasteiger partial charge on any atom is -0.320 e. The van der Waals surface area contributed by atoms with Crippen molar-refractivity contribution in [1.29, 1.82) is 0 Å². The van der Waals surface area contributed by atoms with Gasteiger partial charge in [-0.05, 0) is 18.2 Å². The normalized spacial score (nSPS) is 10.1. The first-order chi connectivity index (χ1) is 8.56. The highest BCUT2D eigenvalue weighted by Crippen LogP contribution is 2.14. The molecule has 18 heavy (non-hydrogen) atoms. The van der Waals surface area contributed by atoms with Crippen molar-refractivity contribution in [3.05, 3.63) is 55.8 Å². The molecule has 1 aromatic carbocycles. The lowest BCUT2D eigenvalue weighted by molar-refractivity contribution is 0.101. The number of hydrogen-bond donors (Lipinski definition) is 3. The van der Waals surface area contributed by atoms with E-state index in [0.717, 1.165) is 0 Å². The van der Waals surface area contributed by atoms with Crippen LogP contribution in [0, 0.1) is 0 Å². The summed E-state index contributed by atoms with van der Waals surface area (Å²) < 4.78 is 0. The molecule has 8 heteroatoms. The summed E-state index contributed by atoms with van der Waals surface area (Å²) in [4.78, 5) is 35.7. The molecule has 0 aliphatic carbocycles. The van der Waals surface area contributed by atoms with Crippen LogP contribution in [0.15, 0.2) is 33.9 Å². The van der Waals surface area contributed by atoms with Gasteiger partial charge in [0.15, 0.2) is 0 Å². The maximum absolute atomic E-state index is 11.7. The van der Waals surface area contributed by atoms with E-state index in [1.54, 1.807) is 18.2 Å². The van der Waals surface area contributed by atoms with E-state index in [1.807, 2.05) is 10.1 Å². The minimum absolute atomic E-state index is 0.417. The third kappa shape index (κ3) is 2.64. The molecular weight excluding hydrogens is 260 g/mol. The lowest BCUT2D eigenvalue weighted by Crippen LogP contribution is -2.32. The van der Waals surface area contributed by atoms with Crippen LogP contribution in [0.1, 0.15) is 10.5 Å². The number of H-pyrrole nitrogens is 2. The number of hydrogen-bond acceptors (Lipinski definition) is 4. The topological polar surface area (TPSA) is 108 Å². The van der Waals surface area contributed by atoms with Crippen molar-refractivity contribution in [3.8, 4) is 0 Å². The Morgan fingerprint density at radius 1 is 1.33 bits per heavy atom. The Hall–Kier alpha value is -2.41. The van der Waals surface area contributed by atoms with Crippen LogP contribution in [0.5, 0.6) is 0 Å². The Bertz CT molecular complexity index is 707. The van der Waals surface area contributed by atoms with Gasteiger partial charge in [-0.2, -0.15) is 5.10 Å². The van der Waals surface area contributed by atoms with Gasteiger partial charge in [0.2, 0.25) is 5.69 Å². The van der Waals surface area contributed by atoms with Crippen LogP contribution in [-0.2, 0) is 0 Å². The Balaban J connectivity index is 2.27. The van der Waals surface area contributed by atoms with Crippen molar-refractivity contribution in [1.82, 2.24) is 15.2 Å². The molecule has 0 spiro atoms.